The lowest BCUT2D eigenvalue weighted by molar-refractivity contribution is 0.0971. The van der Waals surface area contributed by atoms with Crippen LogP contribution in [0.15, 0.2) is 59.4 Å². The lowest BCUT2D eigenvalue weighted by Crippen LogP contribution is -2.33. The number of halogens is 2. The smallest absolute Gasteiger partial charge is 0.268 e. The van der Waals surface area contributed by atoms with Crippen LogP contribution in [-0.4, -0.2) is 16.3 Å². The molecule has 1 heterocycles. The highest BCUT2D eigenvalue weighted by Crippen LogP contribution is 2.24. The molecule has 1 aliphatic carbocycles. The molecule has 0 saturated heterocycles. The van der Waals surface area contributed by atoms with E-state index in [9.17, 15) is 18.8 Å². The van der Waals surface area contributed by atoms with E-state index in [1.54, 1.807) is 24.3 Å². The fraction of sp³-hybridized carbons (Fsp3) is 0.136. The molecule has 5 nitrogen and oxygen atoms in total. The molecule has 7 heteroatoms. The van der Waals surface area contributed by atoms with Gasteiger partial charge in [-0.1, -0.05) is 11.6 Å². The molecule has 3 aromatic rings. The van der Waals surface area contributed by atoms with E-state index in [1.807, 2.05) is 0 Å². The summed E-state index contributed by atoms with van der Waals surface area (Å²) in [5.74, 6) is -1.19. The zero-order valence-electron chi connectivity index (χ0n) is 15.2. The molecule has 0 unspecified atom stereocenters. The van der Waals surface area contributed by atoms with Crippen LogP contribution in [0, 0.1) is 5.82 Å². The third-order valence-electron chi connectivity index (χ3n) is 4.85. The van der Waals surface area contributed by atoms with Gasteiger partial charge in [0.2, 0.25) is 0 Å². The maximum absolute atomic E-state index is 13.4. The molecule has 4 rings (SSSR count). The zero-order chi connectivity index (χ0) is 20.5. The summed E-state index contributed by atoms with van der Waals surface area (Å²) in [6, 6.07) is 13.2. The van der Waals surface area contributed by atoms with Crippen LogP contribution in [-0.2, 0) is 6.42 Å². The van der Waals surface area contributed by atoms with E-state index in [1.165, 1.54) is 34.9 Å². The number of hydrogen-bond acceptors (Lipinski definition) is 3. The first-order chi connectivity index (χ1) is 13.9. The number of rotatable bonds is 3. The van der Waals surface area contributed by atoms with Crippen LogP contribution in [0.25, 0.3) is 5.69 Å². The highest BCUT2D eigenvalue weighted by Gasteiger charge is 2.26. The summed E-state index contributed by atoms with van der Waals surface area (Å²) < 4.78 is 14.7. The third-order valence-corrected chi connectivity index (χ3v) is 5.10. The van der Waals surface area contributed by atoms with Gasteiger partial charge in [-0.15, -0.1) is 0 Å². The summed E-state index contributed by atoms with van der Waals surface area (Å²) in [5, 5.41) is 3.17. The van der Waals surface area contributed by atoms with Gasteiger partial charge in [0.1, 0.15) is 11.4 Å². The molecule has 1 N–H and O–H groups in total. The van der Waals surface area contributed by atoms with Crippen molar-refractivity contribution in [2.75, 3.05) is 5.32 Å². The van der Waals surface area contributed by atoms with Crippen LogP contribution in [0.3, 0.4) is 0 Å². The first-order valence-electron chi connectivity index (χ1n) is 9.09. The Labute approximate surface area is 170 Å². The Kier molecular flexibility index (Phi) is 5.03. The molecule has 0 atom stereocenters. The quantitative estimate of drug-likeness (QED) is 0.695. The van der Waals surface area contributed by atoms with Crippen LogP contribution >= 0.6 is 11.6 Å². The lowest BCUT2D eigenvalue weighted by Gasteiger charge is -2.21. The first kappa shape index (κ1) is 19.1. The summed E-state index contributed by atoms with van der Waals surface area (Å²) >= 11 is 5.86. The highest BCUT2D eigenvalue weighted by atomic mass is 35.5. The number of aromatic nitrogens is 1. The number of Topliss-reactive ketones (excluding diaryl/α,β-unsaturated/α-hetero) is 1. The van der Waals surface area contributed by atoms with Crippen molar-refractivity contribution in [2.24, 2.45) is 0 Å². The monoisotopic (exact) mass is 410 g/mol. The number of pyridine rings is 1. The fourth-order valence-electron chi connectivity index (χ4n) is 3.45. The molecule has 0 bridgehead atoms. The normalized spacial score (nSPS) is 13.1. The van der Waals surface area contributed by atoms with Crippen molar-refractivity contribution in [3.05, 3.63) is 92.6 Å². The van der Waals surface area contributed by atoms with Crippen molar-refractivity contribution in [3.8, 4) is 5.69 Å². The van der Waals surface area contributed by atoms with Crippen LogP contribution in [0.4, 0.5) is 10.1 Å². The fourth-order valence-corrected chi connectivity index (χ4v) is 3.58. The van der Waals surface area contributed by atoms with Crippen molar-refractivity contribution >= 4 is 29.0 Å². The predicted molar refractivity (Wildman–Crippen MR) is 109 cm³/mol. The number of nitrogens with one attached hydrogen (secondary N) is 1. The minimum absolute atomic E-state index is 0.123. The second kappa shape index (κ2) is 7.64. The zero-order valence-corrected chi connectivity index (χ0v) is 16.0. The summed E-state index contributed by atoms with van der Waals surface area (Å²) in [6.07, 6.45) is 1.49. The number of fused-ring (bicyclic) bond motifs is 1. The Hall–Kier alpha value is -3.25. The van der Waals surface area contributed by atoms with Crippen LogP contribution in [0.1, 0.15) is 39.3 Å². The van der Waals surface area contributed by atoms with Crippen molar-refractivity contribution in [3.63, 3.8) is 0 Å². The summed E-state index contributed by atoms with van der Waals surface area (Å²) in [6.45, 7) is 0. The van der Waals surface area contributed by atoms with E-state index in [2.05, 4.69) is 5.32 Å². The van der Waals surface area contributed by atoms with E-state index in [0.29, 0.717) is 46.9 Å². The molecular weight excluding hydrogens is 395 g/mol. The molecule has 146 valence electrons. The van der Waals surface area contributed by atoms with Gasteiger partial charge in [0.15, 0.2) is 5.78 Å². The van der Waals surface area contributed by atoms with Crippen molar-refractivity contribution in [1.29, 1.82) is 0 Å². The molecule has 29 heavy (non-hydrogen) atoms. The van der Waals surface area contributed by atoms with E-state index < -0.39 is 17.3 Å². The Balaban J connectivity index is 1.85. The van der Waals surface area contributed by atoms with E-state index >= 15 is 0 Å². The summed E-state index contributed by atoms with van der Waals surface area (Å²) in [4.78, 5) is 38.5. The van der Waals surface area contributed by atoms with E-state index in [4.69, 9.17) is 11.6 Å². The van der Waals surface area contributed by atoms with Gasteiger partial charge in [-0.3, -0.25) is 19.0 Å². The minimum Gasteiger partial charge on any atom is -0.322 e. The average Bonchev–Trinajstić information content (AvgIpc) is 2.70. The second-order valence-electron chi connectivity index (χ2n) is 6.77. The maximum atomic E-state index is 13.4. The van der Waals surface area contributed by atoms with Gasteiger partial charge in [-0.25, -0.2) is 4.39 Å². The number of amides is 1. The molecule has 0 radical (unpaired) electrons. The molecule has 1 aliphatic rings. The van der Waals surface area contributed by atoms with Crippen LogP contribution in [0.5, 0.6) is 0 Å². The van der Waals surface area contributed by atoms with Gasteiger partial charge in [-0.05, 0) is 67.4 Å². The molecule has 1 aromatic heterocycles. The Morgan fingerprint density at radius 1 is 1.00 bits per heavy atom. The second-order valence-corrected chi connectivity index (χ2v) is 7.21. The van der Waals surface area contributed by atoms with Gasteiger partial charge >= 0.3 is 0 Å². The summed E-state index contributed by atoms with van der Waals surface area (Å²) in [5.41, 5.74) is 1.05. The van der Waals surface area contributed by atoms with E-state index in [-0.39, 0.29) is 11.3 Å². The molecule has 0 saturated carbocycles. The van der Waals surface area contributed by atoms with Gasteiger partial charge in [-0.2, -0.15) is 0 Å². The number of carbonyl (C=O) groups is 2. The third kappa shape index (κ3) is 3.71. The van der Waals surface area contributed by atoms with Gasteiger partial charge in [0.05, 0.1) is 0 Å². The topological polar surface area (TPSA) is 68.2 Å². The van der Waals surface area contributed by atoms with Gasteiger partial charge in [0.25, 0.3) is 11.5 Å². The summed E-state index contributed by atoms with van der Waals surface area (Å²) in [7, 11) is 0. The maximum Gasteiger partial charge on any atom is 0.268 e. The van der Waals surface area contributed by atoms with E-state index in [0.717, 1.165) is 0 Å². The number of nitrogens with zero attached hydrogens (tertiary/aromatic N) is 1. The SMILES string of the molecule is O=C1CCCc2c1cc(C(=O)Nc1ccc(Cl)cc1)c(=O)n2-c1ccc(F)cc1. The molecule has 2 aromatic carbocycles. The molecule has 0 fully saturated rings. The standard InChI is InChI=1S/C22H16ClFN2O3/c23-13-4-8-15(9-5-13)25-21(28)18-12-17-19(2-1-3-20(17)27)26(22(18)29)16-10-6-14(24)7-11-16/h4-12H,1-3H2,(H,25,28). The van der Waals surface area contributed by atoms with Gasteiger partial charge in [0, 0.05) is 34.1 Å². The number of anilines is 1. The highest BCUT2D eigenvalue weighted by molar-refractivity contribution is 6.30. The van der Waals surface area contributed by atoms with Crippen LogP contribution in [0.2, 0.25) is 5.02 Å². The number of benzene rings is 2. The molecule has 1 amide bonds. The molecule has 0 aliphatic heterocycles. The molecular formula is C22H16ClFN2O3. The van der Waals surface area contributed by atoms with Crippen LogP contribution < -0.4 is 10.9 Å². The Morgan fingerprint density at radius 2 is 1.69 bits per heavy atom. The minimum atomic E-state index is -0.630. The molecule has 0 spiro atoms. The van der Waals surface area contributed by atoms with Gasteiger partial charge < -0.3 is 5.32 Å². The largest absolute Gasteiger partial charge is 0.322 e. The Bertz CT molecular complexity index is 1170. The lowest BCUT2D eigenvalue weighted by atomic mass is 9.92. The number of hydrogen-bond donors (Lipinski definition) is 1. The van der Waals surface area contributed by atoms with Crippen molar-refractivity contribution in [1.82, 2.24) is 4.57 Å². The Morgan fingerprint density at radius 3 is 2.38 bits per heavy atom. The average molecular weight is 411 g/mol. The first-order valence-corrected chi connectivity index (χ1v) is 9.47. The van der Waals surface area contributed by atoms with Crippen molar-refractivity contribution < 1.29 is 14.0 Å². The van der Waals surface area contributed by atoms with Crippen molar-refractivity contribution in [2.45, 2.75) is 19.3 Å². The number of carbonyl (C=O) groups excluding carboxylic acids is 2. The predicted octanol–water partition coefficient (Wildman–Crippen LogP) is 4.40. The number of ketones is 1.